The molecule has 1 heterocycles. The summed E-state index contributed by atoms with van der Waals surface area (Å²) in [5, 5.41) is 0. The summed E-state index contributed by atoms with van der Waals surface area (Å²) in [6.07, 6.45) is 2.29. The van der Waals surface area contributed by atoms with Crippen molar-refractivity contribution in [1.29, 1.82) is 0 Å². The van der Waals surface area contributed by atoms with Crippen LogP contribution in [0.1, 0.15) is 12.8 Å². The second kappa shape index (κ2) is 5.67. The molecule has 0 amide bonds. The van der Waals surface area contributed by atoms with Crippen molar-refractivity contribution in [2.24, 2.45) is 0 Å². The zero-order valence-electron chi connectivity index (χ0n) is 10.1. The number of anilines is 1. The van der Waals surface area contributed by atoms with Crippen LogP contribution in [-0.4, -0.2) is 38.7 Å². The summed E-state index contributed by atoms with van der Waals surface area (Å²) in [4.78, 5) is 2.14. The molecule has 0 aromatic heterocycles. The number of halogens is 1. The van der Waals surface area contributed by atoms with E-state index in [-0.39, 0.29) is 11.6 Å². The lowest BCUT2D eigenvalue weighted by molar-refractivity contribution is 0.359. The van der Waals surface area contributed by atoms with E-state index in [1.54, 1.807) is 0 Å². The van der Waals surface area contributed by atoms with Gasteiger partial charge in [0.25, 0.3) is 0 Å². The predicted molar refractivity (Wildman–Crippen MR) is 69.5 cm³/mol. The molecule has 0 bridgehead atoms. The molecule has 0 radical (unpaired) electrons. The van der Waals surface area contributed by atoms with Gasteiger partial charge in [0.2, 0.25) is 10.0 Å². The molecule has 1 aromatic carbocycles. The number of sulfonamides is 1. The molecule has 6 heteroatoms. The Hall–Kier alpha value is -1.14. The zero-order chi connectivity index (χ0) is 13.0. The van der Waals surface area contributed by atoms with Gasteiger partial charge in [0.1, 0.15) is 5.82 Å². The lowest BCUT2D eigenvalue weighted by Crippen LogP contribution is -2.29. The Morgan fingerprint density at radius 3 is 2.39 bits per heavy atom. The summed E-state index contributed by atoms with van der Waals surface area (Å²) in [6.45, 7) is 2.51. The third-order valence-electron chi connectivity index (χ3n) is 2.99. The molecular weight excluding hydrogens is 255 g/mol. The first-order valence-electron chi connectivity index (χ1n) is 6.04. The van der Waals surface area contributed by atoms with Gasteiger partial charge in [0.15, 0.2) is 0 Å². The van der Waals surface area contributed by atoms with Gasteiger partial charge in [-0.1, -0.05) is 0 Å². The highest BCUT2D eigenvalue weighted by Crippen LogP contribution is 2.11. The van der Waals surface area contributed by atoms with E-state index in [1.807, 2.05) is 0 Å². The lowest BCUT2D eigenvalue weighted by atomic mass is 10.3. The van der Waals surface area contributed by atoms with Gasteiger partial charge in [0.05, 0.1) is 5.75 Å². The van der Waals surface area contributed by atoms with Crippen LogP contribution in [-0.2, 0) is 10.0 Å². The van der Waals surface area contributed by atoms with Crippen LogP contribution in [0.15, 0.2) is 24.3 Å². The van der Waals surface area contributed by atoms with Crippen LogP contribution in [0.5, 0.6) is 0 Å². The van der Waals surface area contributed by atoms with Crippen LogP contribution in [0, 0.1) is 5.82 Å². The minimum absolute atomic E-state index is 0.0738. The van der Waals surface area contributed by atoms with Gasteiger partial charge in [0, 0.05) is 12.2 Å². The van der Waals surface area contributed by atoms with Crippen molar-refractivity contribution in [3.8, 4) is 0 Å². The summed E-state index contributed by atoms with van der Waals surface area (Å²) in [5.74, 6) is -0.306. The first-order chi connectivity index (χ1) is 8.55. The van der Waals surface area contributed by atoms with Crippen molar-refractivity contribution in [1.82, 2.24) is 4.90 Å². The first kappa shape index (κ1) is 13.3. The van der Waals surface area contributed by atoms with E-state index < -0.39 is 10.0 Å². The van der Waals surface area contributed by atoms with Gasteiger partial charge in [-0.3, -0.25) is 4.72 Å². The molecule has 0 unspecified atom stereocenters. The molecule has 4 nitrogen and oxygen atoms in total. The molecule has 1 aromatic rings. The molecule has 1 aliphatic heterocycles. The summed E-state index contributed by atoms with van der Waals surface area (Å²) in [6, 6.07) is 5.31. The van der Waals surface area contributed by atoms with Crippen LogP contribution < -0.4 is 4.72 Å². The molecule has 0 aliphatic carbocycles. The fourth-order valence-electron chi connectivity index (χ4n) is 2.00. The third kappa shape index (κ3) is 3.96. The van der Waals surface area contributed by atoms with Gasteiger partial charge in [-0.2, -0.15) is 0 Å². The minimum atomic E-state index is -3.35. The van der Waals surface area contributed by atoms with Crippen molar-refractivity contribution < 1.29 is 12.8 Å². The van der Waals surface area contributed by atoms with Gasteiger partial charge < -0.3 is 4.90 Å². The van der Waals surface area contributed by atoms with E-state index in [0.717, 1.165) is 25.9 Å². The van der Waals surface area contributed by atoms with Crippen LogP contribution >= 0.6 is 0 Å². The SMILES string of the molecule is O=S(=O)(CCN1CCCC1)Nc1ccc(F)cc1. The number of nitrogens with zero attached hydrogens (tertiary/aromatic N) is 1. The monoisotopic (exact) mass is 272 g/mol. The van der Waals surface area contributed by atoms with Crippen LogP contribution in [0.4, 0.5) is 10.1 Å². The van der Waals surface area contributed by atoms with E-state index in [9.17, 15) is 12.8 Å². The number of rotatable bonds is 5. The van der Waals surface area contributed by atoms with E-state index in [2.05, 4.69) is 9.62 Å². The topological polar surface area (TPSA) is 49.4 Å². The van der Waals surface area contributed by atoms with Crippen molar-refractivity contribution in [3.05, 3.63) is 30.1 Å². The Labute approximate surface area is 107 Å². The number of nitrogens with one attached hydrogen (secondary N) is 1. The number of hydrogen-bond donors (Lipinski definition) is 1. The third-order valence-corrected chi connectivity index (χ3v) is 4.26. The summed E-state index contributed by atoms with van der Waals surface area (Å²) < 4.78 is 38.8. The molecule has 0 spiro atoms. The average Bonchev–Trinajstić information content (AvgIpc) is 2.83. The molecule has 18 heavy (non-hydrogen) atoms. The van der Waals surface area contributed by atoms with Crippen molar-refractivity contribution in [3.63, 3.8) is 0 Å². The molecule has 0 atom stereocenters. The maximum atomic E-state index is 12.7. The molecule has 100 valence electrons. The van der Waals surface area contributed by atoms with Crippen molar-refractivity contribution in [2.75, 3.05) is 30.1 Å². The van der Waals surface area contributed by atoms with Gasteiger partial charge in [-0.15, -0.1) is 0 Å². The van der Waals surface area contributed by atoms with Gasteiger partial charge in [-0.05, 0) is 50.2 Å². The van der Waals surface area contributed by atoms with E-state index >= 15 is 0 Å². The first-order valence-corrected chi connectivity index (χ1v) is 7.69. The Kier molecular flexibility index (Phi) is 4.19. The van der Waals surface area contributed by atoms with Gasteiger partial charge >= 0.3 is 0 Å². The van der Waals surface area contributed by atoms with Crippen molar-refractivity contribution in [2.45, 2.75) is 12.8 Å². The summed E-state index contributed by atoms with van der Waals surface area (Å²) in [5.41, 5.74) is 0.401. The van der Waals surface area contributed by atoms with Crippen LogP contribution in [0.2, 0.25) is 0 Å². The molecule has 0 saturated carbocycles. The fraction of sp³-hybridized carbons (Fsp3) is 0.500. The van der Waals surface area contributed by atoms with E-state index in [4.69, 9.17) is 0 Å². The predicted octanol–water partition coefficient (Wildman–Crippen LogP) is 1.66. The maximum absolute atomic E-state index is 12.7. The maximum Gasteiger partial charge on any atom is 0.233 e. The Morgan fingerprint density at radius 2 is 1.78 bits per heavy atom. The molecular formula is C12H17FN2O2S. The molecule has 1 fully saturated rings. The normalized spacial score (nSPS) is 16.9. The Bertz CT molecular complexity index is 481. The average molecular weight is 272 g/mol. The van der Waals surface area contributed by atoms with Crippen molar-refractivity contribution >= 4 is 15.7 Å². The fourth-order valence-corrected chi connectivity index (χ4v) is 3.10. The van der Waals surface area contributed by atoms with Gasteiger partial charge in [-0.25, -0.2) is 12.8 Å². The quantitative estimate of drug-likeness (QED) is 0.887. The Morgan fingerprint density at radius 1 is 1.17 bits per heavy atom. The second-order valence-corrected chi connectivity index (χ2v) is 6.32. The Balaban J connectivity index is 1.88. The van der Waals surface area contributed by atoms with E-state index in [0.29, 0.717) is 12.2 Å². The minimum Gasteiger partial charge on any atom is -0.302 e. The van der Waals surface area contributed by atoms with Crippen LogP contribution in [0.3, 0.4) is 0 Å². The highest BCUT2D eigenvalue weighted by molar-refractivity contribution is 7.92. The van der Waals surface area contributed by atoms with E-state index in [1.165, 1.54) is 24.3 Å². The summed E-state index contributed by atoms with van der Waals surface area (Å²) >= 11 is 0. The molecule has 1 aliphatic rings. The smallest absolute Gasteiger partial charge is 0.233 e. The molecule has 1 saturated heterocycles. The standard InChI is InChI=1S/C12H17FN2O2S/c13-11-3-5-12(6-4-11)14-18(16,17)10-9-15-7-1-2-8-15/h3-6,14H,1-2,7-10H2. The highest BCUT2D eigenvalue weighted by atomic mass is 32.2. The number of hydrogen-bond acceptors (Lipinski definition) is 3. The lowest BCUT2D eigenvalue weighted by Gasteiger charge is -2.15. The molecule has 1 N–H and O–H groups in total. The highest BCUT2D eigenvalue weighted by Gasteiger charge is 2.16. The zero-order valence-corrected chi connectivity index (χ0v) is 10.9. The second-order valence-electron chi connectivity index (χ2n) is 4.48. The number of likely N-dealkylation sites (tertiary alicyclic amines) is 1. The van der Waals surface area contributed by atoms with Crippen LogP contribution in [0.25, 0.3) is 0 Å². The largest absolute Gasteiger partial charge is 0.302 e. The summed E-state index contributed by atoms with van der Waals surface area (Å²) in [7, 11) is -3.35. The number of benzene rings is 1. The molecule has 2 rings (SSSR count).